The summed E-state index contributed by atoms with van der Waals surface area (Å²) in [5.41, 5.74) is -0.537. The summed E-state index contributed by atoms with van der Waals surface area (Å²) in [6.07, 6.45) is 5.41. The quantitative estimate of drug-likeness (QED) is 0.705. The molecule has 3 aliphatic rings. The molecule has 7 atom stereocenters. The van der Waals surface area contributed by atoms with Gasteiger partial charge in [-0.25, -0.2) is 0 Å². The van der Waals surface area contributed by atoms with Gasteiger partial charge in [-0.3, -0.25) is 14.4 Å². The van der Waals surface area contributed by atoms with Gasteiger partial charge in [-0.1, -0.05) is 13.8 Å². The number of carboxylic acids is 2. The van der Waals surface area contributed by atoms with Gasteiger partial charge in [-0.05, 0) is 67.6 Å². The van der Waals surface area contributed by atoms with Crippen LogP contribution in [0.5, 0.6) is 0 Å². The van der Waals surface area contributed by atoms with Gasteiger partial charge in [0.15, 0.2) is 0 Å². The van der Waals surface area contributed by atoms with Crippen LogP contribution in [0.1, 0.15) is 72.1 Å². The molecule has 3 saturated carbocycles. The Bertz CT molecular complexity index is 630. The fraction of sp³-hybridized carbons (Fsp3) is 0.857. The molecule has 2 N–H and O–H groups in total. The summed E-state index contributed by atoms with van der Waals surface area (Å²) in [4.78, 5) is 34.5. The Morgan fingerprint density at radius 3 is 2.26 bits per heavy atom. The lowest BCUT2D eigenvalue weighted by molar-refractivity contribution is -0.165. The minimum absolute atomic E-state index is 0.0307. The Hall–Kier alpha value is -1.59. The van der Waals surface area contributed by atoms with Gasteiger partial charge in [0.05, 0.1) is 6.42 Å². The molecule has 0 saturated heterocycles. The van der Waals surface area contributed by atoms with Crippen molar-refractivity contribution in [3.05, 3.63) is 0 Å². The normalized spacial score (nSPS) is 43.4. The summed E-state index contributed by atoms with van der Waals surface area (Å²) >= 11 is 0. The molecule has 6 heteroatoms. The Morgan fingerprint density at radius 1 is 0.963 bits per heavy atom. The highest BCUT2D eigenvalue weighted by Gasteiger charge is 2.60. The summed E-state index contributed by atoms with van der Waals surface area (Å²) in [7, 11) is 0. The molecule has 0 amide bonds. The van der Waals surface area contributed by atoms with Gasteiger partial charge in [0.25, 0.3) is 0 Å². The Kier molecular flexibility index (Phi) is 5.30. The number of hydrogen-bond donors (Lipinski definition) is 2. The molecule has 27 heavy (non-hydrogen) atoms. The van der Waals surface area contributed by atoms with Gasteiger partial charge in [0, 0.05) is 18.8 Å². The minimum Gasteiger partial charge on any atom is -0.481 e. The van der Waals surface area contributed by atoms with Crippen LogP contribution in [-0.4, -0.2) is 34.2 Å². The van der Waals surface area contributed by atoms with Gasteiger partial charge in [0.1, 0.15) is 6.10 Å². The lowest BCUT2D eigenvalue weighted by Gasteiger charge is -2.58. The fourth-order valence-electron chi connectivity index (χ4n) is 7.03. The zero-order chi connectivity index (χ0) is 20.0. The Balaban J connectivity index is 1.88. The predicted octanol–water partition coefficient (Wildman–Crippen LogP) is 3.73. The molecule has 0 radical (unpaired) electrons. The maximum atomic E-state index is 11.6. The zero-order valence-corrected chi connectivity index (χ0v) is 16.6. The molecule has 0 aliphatic heterocycles. The van der Waals surface area contributed by atoms with Crippen molar-refractivity contribution in [2.24, 2.45) is 34.5 Å². The van der Waals surface area contributed by atoms with Crippen LogP contribution < -0.4 is 0 Å². The number of carboxylic acid groups (broad SMARTS) is 2. The highest BCUT2D eigenvalue weighted by Crippen LogP contribution is 2.65. The van der Waals surface area contributed by atoms with E-state index in [0.29, 0.717) is 11.8 Å². The third-order valence-corrected chi connectivity index (χ3v) is 8.24. The number of fused-ring (bicyclic) bond motifs is 3. The zero-order valence-electron chi connectivity index (χ0n) is 16.6. The Labute approximate surface area is 160 Å². The third-order valence-electron chi connectivity index (χ3n) is 8.24. The van der Waals surface area contributed by atoms with Crippen molar-refractivity contribution in [3.8, 4) is 0 Å². The molecule has 152 valence electrons. The first kappa shape index (κ1) is 20.2. The first-order valence-corrected chi connectivity index (χ1v) is 10.2. The number of rotatable bonds is 5. The summed E-state index contributed by atoms with van der Waals surface area (Å²) in [5, 5.41) is 18.9. The average molecular weight is 380 g/mol. The van der Waals surface area contributed by atoms with Crippen LogP contribution in [0.2, 0.25) is 0 Å². The van der Waals surface area contributed by atoms with Crippen molar-refractivity contribution in [3.63, 3.8) is 0 Å². The maximum absolute atomic E-state index is 11.6. The van der Waals surface area contributed by atoms with Crippen molar-refractivity contribution in [2.75, 3.05) is 0 Å². The first-order valence-electron chi connectivity index (χ1n) is 10.2. The van der Waals surface area contributed by atoms with E-state index < -0.39 is 17.4 Å². The predicted molar refractivity (Wildman–Crippen MR) is 97.9 cm³/mol. The molecule has 6 nitrogen and oxygen atoms in total. The number of carbonyl (C=O) groups is 3. The molecule has 0 heterocycles. The highest BCUT2D eigenvalue weighted by molar-refractivity contribution is 5.69. The molecular formula is C21H32O6. The van der Waals surface area contributed by atoms with Gasteiger partial charge in [0.2, 0.25) is 0 Å². The van der Waals surface area contributed by atoms with Gasteiger partial charge in [-0.2, -0.15) is 0 Å². The van der Waals surface area contributed by atoms with Crippen molar-refractivity contribution in [1.82, 2.24) is 0 Å². The van der Waals surface area contributed by atoms with Crippen molar-refractivity contribution in [2.45, 2.75) is 78.2 Å². The summed E-state index contributed by atoms with van der Waals surface area (Å²) in [6.45, 7) is 5.70. The topological polar surface area (TPSA) is 101 Å². The molecule has 3 aliphatic carbocycles. The fourth-order valence-corrected chi connectivity index (χ4v) is 7.03. The second-order valence-corrected chi connectivity index (χ2v) is 9.55. The van der Waals surface area contributed by atoms with Crippen LogP contribution in [0.3, 0.4) is 0 Å². The Morgan fingerprint density at radius 2 is 1.67 bits per heavy atom. The van der Waals surface area contributed by atoms with Gasteiger partial charge in [-0.15, -0.1) is 0 Å². The molecular weight excluding hydrogens is 348 g/mol. The molecule has 0 spiro atoms. The number of esters is 1. The number of hydrogen-bond acceptors (Lipinski definition) is 4. The van der Waals surface area contributed by atoms with Crippen LogP contribution in [0, 0.1) is 34.5 Å². The molecule has 0 aromatic heterocycles. The van der Waals surface area contributed by atoms with Crippen LogP contribution in [-0.2, 0) is 19.1 Å². The third kappa shape index (κ3) is 3.47. The smallest absolute Gasteiger partial charge is 0.303 e. The molecule has 3 fully saturated rings. The van der Waals surface area contributed by atoms with E-state index in [1.807, 2.05) is 6.92 Å². The lowest BCUT2D eigenvalue weighted by Crippen LogP contribution is -2.53. The molecule has 0 aromatic rings. The molecule has 0 bridgehead atoms. The van der Waals surface area contributed by atoms with E-state index >= 15 is 0 Å². The molecule has 0 aromatic carbocycles. The molecule has 3 rings (SSSR count). The van der Waals surface area contributed by atoms with E-state index in [-0.39, 0.29) is 42.2 Å². The maximum Gasteiger partial charge on any atom is 0.303 e. The monoisotopic (exact) mass is 380 g/mol. The van der Waals surface area contributed by atoms with Crippen LogP contribution in [0.15, 0.2) is 0 Å². The van der Waals surface area contributed by atoms with Crippen LogP contribution in [0.25, 0.3) is 0 Å². The largest absolute Gasteiger partial charge is 0.481 e. The minimum atomic E-state index is -0.842. The van der Waals surface area contributed by atoms with Crippen LogP contribution in [0.4, 0.5) is 0 Å². The summed E-state index contributed by atoms with van der Waals surface area (Å²) in [5.74, 6) is -0.983. The summed E-state index contributed by atoms with van der Waals surface area (Å²) in [6, 6.07) is 0. The average Bonchev–Trinajstić information content (AvgIpc) is 2.85. The van der Waals surface area contributed by atoms with E-state index in [1.165, 1.54) is 6.92 Å². The number of ether oxygens (including phenoxy) is 1. The van der Waals surface area contributed by atoms with E-state index in [9.17, 15) is 24.6 Å². The van der Waals surface area contributed by atoms with E-state index in [1.54, 1.807) is 0 Å². The molecule has 0 unspecified atom stereocenters. The second-order valence-electron chi connectivity index (χ2n) is 9.55. The number of aliphatic carboxylic acids is 2. The lowest BCUT2D eigenvalue weighted by atomic mass is 9.46. The van der Waals surface area contributed by atoms with Crippen molar-refractivity contribution < 1.29 is 29.3 Å². The second kappa shape index (κ2) is 7.10. The first-order chi connectivity index (χ1) is 12.6. The van der Waals surface area contributed by atoms with E-state index in [2.05, 4.69) is 6.92 Å². The van der Waals surface area contributed by atoms with E-state index in [0.717, 1.165) is 38.5 Å². The van der Waals surface area contributed by atoms with Gasteiger partial charge >= 0.3 is 17.9 Å². The standard InChI is InChI=1S/C21H32O6/c1-12(22)27-17-7-6-15-14-5-4-13(10-18(23)24)21(3,11-19(25)26)16(14)8-9-20(15,17)2/h13-17H,4-11H2,1-3H3,(H,23,24)(H,25,26)/t13-,14+,15-,16+,17-,20+,21+/m1/s1. The van der Waals surface area contributed by atoms with Crippen molar-refractivity contribution >= 4 is 17.9 Å². The summed E-state index contributed by atoms with van der Waals surface area (Å²) < 4.78 is 5.64. The van der Waals surface area contributed by atoms with Crippen LogP contribution >= 0.6 is 0 Å². The van der Waals surface area contributed by atoms with Crippen molar-refractivity contribution in [1.29, 1.82) is 0 Å². The highest BCUT2D eigenvalue weighted by atomic mass is 16.5. The SMILES string of the molecule is CC(=O)O[C@@H]1CC[C@@H]2[C@@H]3CC[C@H](CC(=O)O)[C@](C)(CC(=O)O)[C@H]3CC[C@@]21C. The van der Waals surface area contributed by atoms with E-state index in [4.69, 9.17) is 4.74 Å². The van der Waals surface area contributed by atoms with Gasteiger partial charge < -0.3 is 14.9 Å². The number of carbonyl (C=O) groups excluding carboxylic acids is 1.